The van der Waals surface area contributed by atoms with Crippen LogP contribution < -0.4 is 4.90 Å². The summed E-state index contributed by atoms with van der Waals surface area (Å²) in [6.07, 6.45) is 11.1. The Bertz CT molecular complexity index is 533. The molecular weight excluding hydrogens is 296 g/mol. The Labute approximate surface area is 147 Å². The van der Waals surface area contributed by atoms with Crippen molar-refractivity contribution in [1.82, 2.24) is 14.9 Å². The molecule has 1 aliphatic carbocycles. The van der Waals surface area contributed by atoms with Gasteiger partial charge in [-0.15, -0.1) is 0 Å². The number of aryl methyl sites for hydroxylation is 1. The average molecular weight is 329 g/mol. The highest BCUT2D eigenvalue weighted by molar-refractivity contribution is 5.28. The fourth-order valence-corrected chi connectivity index (χ4v) is 3.27. The highest BCUT2D eigenvalue weighted by Crippen LogP contribution is 2.29. The van der Waals surface area contributed by atoms with Crippen molar-refractivity contribution in [2.24, 2.45) is 11.8 Å². The van der Waals surface area contributed by atoms with Gasteiger partial charge in [-0.1, -0.05) is 25.2 Å². The third-order valence-electron chi connectivity index (χ3n) is 4.65. The molecule has 0 bridgehead atoms. The SMILES string of the molecule is CCCc1cnc(N(C)CC2CCC(C#CCN(C)C)CC2)nc1. The van der Waals surface area contributed by atoms with Crippen molar-refractivity contribution in [2.75, 3.05) is 39.1 Å². The van der Waals surface area contributed by atoms with Gasteiger partial charge in [-0.25, -0.2) is 9.97 Å². The second kappa shape index (κ2) is 9.64. The highest BCUT2D eigenvalue weighted by atomic mass is 15.2. The summed E-state index contributed by atoms with van der Waals surface area (Å²) in [5.74, 6) is 8.92. The maximum atomic E-state index is 4.52. The number of nitrogens with zero attached hydrogens (tertiary/aromatic N) is 4. The maximum absolute atomic E-state index is 4.52. The van der Waals surface area contributed by atoms with E-state index in [9.17, 15) is 0 Å². The quantitative estimate of drug-likeness (QED) is 0.751. The molecule has 0 aromatic carbocycles. The second-order valence-electron chi connectivity index (χ2n) is 7.30. The molecule has 0 N–H and O–H groups in total. The Morgan fingerprint density at radius 1 is 1.08 bits per heavy atom. The van der Waals surface area contributed by atoms with E-state index >= 15 is 0 Å². The smallest absolute Gasteiger partial charge is 0.224 e. The monoisotopic (exact) mass is 328 g/mol. The van der Waals surface area contributed by atoms with E-state index in [0.717, 1.165) is 37.8 Å². The molecule has 0 radical (unpaired) electrons. The lowest BCUT2D eigenvalue weighted by molar-refractivity contribution is 0.319. The van der Waals surface area contributed by atoms with Crippen LogP contribution in [0.4, 0.5) is 5.95 Å². The third-order valence-corrected chi connectivity index (χ3v) is 4.65. The average Bonchev–Trinajstić information content (AvgIpc) is 2.57. The van der Waals surface area contributed by atoms with Crippen LogP contribution in [0.15, 0.2) is 12.4 Å². The molecule has 4 heteroatoms. The van der Waals surface area contributed by atoms with Crippen molar-refractivity contribution in [3.8, 4) is 11.8 Å². The summed E-state index contributed by atoms with van der Waals surface area (Å²) in [7, 11) is 6.24. The van der Waals surface area contributed by atoms with E-state index in [4.69, 9.17) is 0 Å². The van der Waals surface area contributed by atoms with Gasteiger partial charge < -0.3 is 4.90 Å². The lowest BCUT2D eigenvalue weighted by Crippen LogP contribution is -2.29. The van der Waals surface area contributed by atoms with Crippen molar-refractivity contribution in [2.45, 2.75) is 45.4 Å². The van der Waals surface area contributed by atoms with Crippen LogP contribution in [-0.4, -0.2) is 49.1 Å². The number of aromatic nitrogens is 2. The molecule has 1 aromatic heterocycles. The molecule has 0 amide bonds. The van der Waals surface area contributed by atoms with Crippen LogP contribution in [0.3, 0.4) is 0 Å². The standard InChI is InChI=1S/C20H32N4/c1-5-7-19-14-21-20(22-15-19)24(4)16-18-11-9-17(10-12-18)8-6-13-23(2)3/h14-15,17-18H,5,7,9-13,16H2,1-4H3. The molecule has 132 valence electrons. The van der Waals surface area contributed by atoms with Gasteiger partial charge in [0.25, 0.3) is 0 Å². The van der Waals surface area contributed by atoms with E-state index in [-0.39, 0.29) is 0 Å². The van der Waals surface area contributed by atoms with E-state index in [0.29, 0.717) is 5.92 Å². The van der Waals surface area contributed by atoms with Crippen LogP contribution >= 0.6 is 0 Å². The minimum atomic E-state index is 0.594. The third kappa shape index (κ3) is 6.13. The topological polar surface area (TPSA) is 32.3 Å². The number of hydrogen-bond donors (Lipinski definition) is 0. The predicted octanol–water partition coefficient (Wildman–Crippen LogP) is 3.24. The van der Waals surface area contributed by atoms with Gasteiger partial charge in [0.2, 0.25) is 5.95 Å². The summed E-state index contributed by atoms with van der Waals surface area (Å²) in [5.41, 5.74) is 1.23. The van der Waals surface area contributed by atoms with Crippen molar-refractivity contribution in [1.29, 1.82) is 0 Å². The zero-order chi connectivity index (χ0) is 17.4. The summed E-state index contributed by atoms with van der Waals surface area (Å²) in [6.45, 7) is 4.10. The van der Waals surface area contributed by atoms with Gasteiger partial charge in [-0.2, -0.15) is 0 Å². The highest BCUT2D eigenvalue weighted by Gasteiger charge is 2.21. The van der Waals surface area contributed by atoms with Gasteiger partial charge in [-0.3, -0.25) is 4.90 Å². The summed E-state index contributed by atoms with van der Waals surface area (Å²) in [5, 5.41) is 0. The Balaban J connectivity index is 1.77. The van der Waals surface area contributed by atoms with E-state index in [2.05, 4.69) is 59.7 Å². The van der Waals surface area contributed by atoms with Crippen LogP contribution in [0, 0.1) is 23.7 Å². The lowest BCUT2D eigenvalue weighted by Gasteiger charge is -2.29. The second-order valence-corrected chi connectivity index (χ2v) is 7.30. The zero-order valence-corrected chi connectivity index (χ0v) is 15.8. The first-order valence-electron chi connectivity index (χ1n) is 9.23. The van der Waals surface area contributed by atoms with Gasteiger partial charge in [-0.05, 0) is 57.7 Å². The first-order valence-corrected chi connectivity index (χ1v) is 9.23. The Morgan fingerprint density at radius 3 is 2.33 bits per heavy atom. The van der Waals surface area contributed by atoms with Gasteiger partial charge in [0.1, 0.15) is 0 Å². The maximum Gasteiger partial charge on any atom is 0.224 e. The van der Waals surface area contributed by atoms with Gasteiger partial charge in [0.05, 0.1) is 6.54 Å². The summed E-state index contributed by atoms with van der Waals surface area (Å²) < 4.78 is 0. The normalized spacial score (nSPS) is 20.5. The number of anilines is 1. The Morgan fingerprint density at radius 2 is 1.75 bits per heavy atom. The minimum absolute atomic E-state index is 0.594. The largest absolute Gasteiger partial charge is 0.344 e. The van der Waals surface area contributed by atoms with Crippen molar-refractivity contribution in [3.05, 3.63) is 18.0 Å². The van der Waals surface area contributed by atoms with E-state index in [1.54, 1.807) is 0 Å². The van der Waals surface area contributed by atoms with Crippen molar-refractivity contribution in [3.63, 3.8) is 0 Å². The Kier molecular flexibility index (Phi) is 7.52. The zero-order valence-electron chi connectivity index (χ0n) is 15.8. The molecule has 0 saturated heterocycles. The molecular formula is C20H32N4. The molecule has 1 aromatic rings. The number of hydrogen-bond acceptors (Lipinski definition) is 4. The van der Waals surface area contributed by atoms with Crippen molar-refractivity contribution >= 4 is 5.95 Å². The number of rotatable bonds is 6. The summed E-state index contributed by atoms with van der Waals surface area (Å²) in [4.78, 5) is 13.4. The van der Waals surface area contributed by atoms with Crippen molar-refractivity contribution < 1.29 is 0 Å². The molecule has 0 spiro atoms. The summed E-state index contributed by atoms with van der Waals surface area (Å²) in [6, 6.07) is 0. The fraction of sp³-hybridized carbons (Fsp3) is 0.700. The van der Waals surface area contributed by atoms with E-state index in [1.807, 2.05) is 12.4 Å². The van der Waals surface area contributed by atoms with Gasteiger partial charge in [0.15, 0.2) is 0 Å². The van der Waals surface area contributed by atoms with Crippen LogP contribution in [0.2, 0.25) is 0 Å². The molecule has 24 heavy (non-hydrogen) atoms. The molecule has 1 aliphatic rings. The van der Waals surface area contributed by atoms with Crippen LogP contribution in [0.1, 0.15) is 44.6 Å². The van der Waals surface area contributed by atoms with E-state index in [1.165, 1.54) is 31.2 Å². The van der Waals surface area contributed by atoms with Crippen LogP contribution in [0.25, 0.3) is 0 Å². The molecule has 1 fully saturated rings. The van der Waals surface area contributed by atoms with E-state index < -0.39 is 0 Å². The minimum Gasteiger partial charge on any atom is -0.344 e. The molecule has 1 saturated carbocycles. The summed E-state index contributed by atoms with van der Waals surface area (Å²) >= 11 is 0. The van der Waals surface area contributed by atoms with Gasteiger partial charge in [0, 0.05) is 31.9 Å². The molecule has 0 unspecified atom stereocenters. The van der Waals surface area contributed by atoms with Crippen LogP contribution in [-0.2, 0) is 6.42 Å². The predicted molar refractivity (Wildman–Crippen MR) is 101 cm³/mol. The molecule has 1 heterocycles. The van der Waals surface area contributed by atoms with Gasteiger partial charge >= 0.3 is 0 Å². The first kappa shape index (κ1) is 18.7. The Hall–Kier alpha value is -1.60. The molecule has 2 rings (SSSR count). The lowest BCUT2D eigenvalue weighted by atomic mass is 9.82. The fourth-order valence-electron chi connectivity index (χ4n) is 3.27. The first-order chi connectivity index (χ1) is 11.6. The van der Waals surface area contributed by atoms with Crippen LogP contribution in [0.5, 0.6) is 0 Å². The molecule has 4 nitrogen and oxygen atoms in total. The molecule has 0 atom stereocenters. The molecule has 0 aliphatic heterocycles.